The van der Waals surface area contributed by atoms with Gasteiger partial charge >= 0.3 is 0 Å². The van der Waals surface area contributed by atoms with Crippen molar-refractivity contribution in [3.05, 3.63) is 66.0 Å². The van der Waals surface area contributed by atoms with E-state index in [0.717, 1.165) is 11.3 Å². The minimum absolute atomic E-state index is 0.0403. The van der Waals surface area contributed by atoms with Gasteiger partial charge in [0.05, 0.1) is 29.5 Å². The number of nitrogens with zero attached hydrogens (tertiary/aromatic N) is 10. The van der Waals surface area contributed by atoms with E-state index in [2.05, 4.69) is 30.8 Å². The summed E-state index contributed by atoms with van der Waals surface area (Å²) in [5, 5.41) is 22.7. The van der Waals surface area contributed by atoms with Crippen LogP contribution in [0, 0.1) is 6.92 Å². The smallest absolute Gasteiger partial charge is 0.256 e. The monoisotopic (exact) mass is 440 g/mol. The molecule has 0 aliphatic carbocycles. The Kier molecular flexibility index (Phi) is 4.12. The Morgan fingerprint density at radius 2 is 1.85 bits per heavy atom. The average molecular weight is 440 g/mol. The number of tetrazole rings is 1. The Morgan fingerprint density at radius 3 is 2.73 bits per heavy atom. The fourth-order valence-corrected chi connectivity index (χ4v) is 3.89. The molecule has 0 unspecified atom stereocenters. The van der Waals surface area contributed by atoms with Crippen LogP contribution >= 0.6 is 0 Å². The molecule has 2 amide bonds. The van der Waals surface area contributed by atoms with Gasteiger partial charge in [-0.25, -0.2) is 14.7 Å². The molecule has 0 spiro atoms. The van der Waals surface area contributed by atoms with E-state index in [0.29, 0.717) is 16.7 Å². The number of hydrogen-bond donors (Lipinski definition) is 0. The Bertz CT molecular complexity index is 1560. The molecule has 0 atom stereocenters. The lowest BCUT2D eigenvalue weighted by Gasteiger charge is -2.26. The zero-order chi connectivity index (χ0) is 22.5. The van der Waals surface area contributed by atoms with Gasteiger partial charge < -0.3 is 0 Å². The van der Waals surface area contributed by atoms with Crippen molar-refractivity contribution in [3.8, 4) is 5.69 Å². The van der Waals surface area contributed by atoms with Gasteiger partial charge in [0, 0.05) is 0 Å². The zero-order valence-corrected chi connectivity index (χ0v) is 17.4. The van der Waals surface area contributed by atoms with Crippen LogP contribution in [-0.2, 0) is 16.1 Å². The van der Waals surface area contributed by atoms with Crippen LogP contribution in [0.5, 0.6) is 0 Å². The molecule has 33 heavy (non-hydrogen) atoms. The van der Waals surface area contributed by atoms with Gasteiger partial charge in [0.15, 0.2) is 0 Å². The summed E-state index contributed by atoms with van der Waals surface area (Å²) in [6.45, 7) is 2.03. The molecule has 4 heterocycles. The molecular formula is C21H16N10O2. The number of hydrogen-bond acceptors (Lipinski definition) is 8. The molecule has 0 bridgehead atoms. The molecule has 0 saturated carbocycles. The molecule has 162 valence electrons. The number of hydrazine groups is 1. The Hall–Kier alpha value is -4.74. The van der Waals surface area contributed by atoms with Gasteiger partial charge in [0.25, 0.3) is 11.8 Å². The van der Waals surface area contributed by atoms with Crippen LogP contribution in [0.15, 0.2) is 54.7 Å². The third kappa shape index (κ3) is 3.07. The fourth-order valence-electron chi connectivity index (χ4n) is 3.89. The van der Waals surface area contributed by atoms with E-state index in [-0.39, 0.29) is 30.3 Å². The van der Waals surface area contributed by atoms with Crippen molar-refractivity contribution in [2.75, 3.05) is 5.01 Å². The summed E-state index contributed by atoms with van der Waals surface area (Å²) in [5.74, 6) is -0.606. The number of aryl methyl sites for hydroxylation is 1. The van der Waals surface area contributed by atoms with Crippen molar-refractivity contribution in [2.45, 2.75) is 19.9 Å². The van der Waals surface area contributed by atoms with Crippen LogP contribution in [-0.4, -0.2) is 56.8 Å². The van der Waals surface area contributed by atoms with Gasteiger partial charge in [-0.1, -0.05) is 29.5 Å². The number of rotatable bonds is 4. The van der Waals surface area contributed by atoms with Crippen LogP contribution in [0.25, 0.3) is 22.4 Å². The van der Waals surface area contributed by atoms with Crippen molar-refractivity contribution < 1.29 is 9.59 Å². The molecule has 1 saturated heterocycles. The predicted molar refractivity (Wildman–Crippen MR) is 115 cm³/mol. The van der Waals surface area contributed by atoms with Gasteiger partial charge in [0.1, 0.15) is 12.1 Å². The standard InChI is InChI=1S/C21H16N10O2/c1-13-5-4-6-15(9-13)28-11-14(23-26-28)12-29-18(32)10-19(33)31(29)20-21-24-25-27-30(21)17-8-3-2-7-16(17)22-20/h2-9,11H,10,12H2,1H3. The molecular weight excluding hydrogens is 424 g/mol. The Morgan fingerprint density at radius 1 is 0.970 bits per heavy atom. The quantitative estimate of drug-likeness (QED) is 0.382. The highest BCUT2D eigenvalue weighted by molar-refractivity contribution is 6.12. The third-order valence-corrected chi connectivity index (χ3v) is 5.39. The lowest BCUT2D eigenvalue weighted by Crippen LogP contribution is -2.41. The summed E-state index contributed by atoms with van der Waals surface area (Å²) < 4.78 is 3.13. The number of carbonyl (C=O) groups is 2. The van der Waals surface area contributed by atoms with Crippen LogP contribution in [0.1, 0.15) is 17.7 Å². The summed E-state index contributed by atoms with van der Waals surface area (Å²) in [6.07, 6.45) is 1.44. The molecule has 6 rings (SSSR count). The van der Waals surface area contributed by atoms with Crippen molar-refractivity contribution >= 4 is 34.3 Å². The Labute approximate surface area is 186 Å². The fraction of sp³-hybridized carbons (Fsp3) is 0.143. The van der Waals surface area contributed by atoms with Gasteiger partial charge in [-0.3, -0.25) is 9.59 Å². The molecule has 0 N–H and O–H groups in total. The van der Waals surface area contributed by atoms with Crippen molar-refractivity contribution in [2.24, 2.45) is 0 Å². The molecule has 1 aliphatic rings. The van der Waals surface area contributed by atoms with Gasteiger partial charge in [-0.2, -0.15) is 9.52 Å². The zero-order valence-electron chi connectivity index (χ0n) is 17.4. The van der Waals surface area contributed by atoms with Crippen molar-refractivity contribution in [3.63, 3.8) is 0 Å². The highest BCUT2D eigenvalue weighted by atomic mass is 16.2. The minimum Gasteiger partial charge on any atom is -0.272 e. The van der Waals surface area contributed by atoms with Crippen molar-refractivity contribution in [1.82, 2.24) is 45.0 Å². The average Bonchev–Trinajstić information content (AvgIpc) is 3.54. The number of aromatic nitrogens is 8. The molecule has 0 radical (unpaired) electrons. The largest absolute Gasteiger partial charge is 0.272 e. The first-order chi connectivity index (χ1) is 16.1. The van der Waals surface area contributed by atoms with Gasteiger partial charge in [-0.05, 0) is 47.2 Å². The van der Waals surface area contributed by atoms with E-state index in [1.54, 1.807) is 16.9 Å². The topological polar surface area (TPSA) is 127 Å². The second-order valence-electron chi connectivity index (χ2n) is 7.67. The molecule has 12 heteroatoms. The molecule has 3 aromatic heterocycles. The van der Waals surface area contributed by atoms with E-state index in [1.807, 2.05) is 49.4 Å². The second kappa shape index (κ2) is 7.15. The lowest BCUT2D eigenvalue weighted by atomic mass is 10.2. The number of anilines is 1. The van der Waals surface area contributed by atoms with Gasteiger partial charge in [0.2, 0.25) is 11.5 Å². The maximum absolute atomic E-state index is 12.9. The molecule has 1 aliphatic heterocycles. The number of fused-ring (bicyclic) bond motifs is 3. The summed E-state index contributed by atoms with van der Waals surface area (Å²) >= 11 is 0. The van der Waals surface area contributed by atoms with E-state index in [4.69, 9.17) is 0 Å². The number of carbonyl (C=O) groups excluding carboxylic acids is 2. The minimum atomic E-state index is -0.418. The summed E-state index contributed by atoms with van der Waals surface area (Å²) in [5.41, 5.74) is 3.99. The lowest BCUT2D eigenvalue weighted by molar-refractivity contribution is -0.128. The van der Waals surface area contributed by atoms with Crippen molar-refractivity contribution in [1.29, 1.82) is 0 Å². The molecule has 5 aromatic rings. The first-order valence-electron chi connectivity index (χ1n) is 10.2. The highest BCUT2D eigenvalue weighted by Crippen LogP contribution is 2.28. The Balaban J connectivity index is 1.40. The maximum Gasteiger partial charge on any atom is 0.256 e. The van der Waals surface area contributed by atoms with E-state index in [9.17, 15) is 9.59 Å². The number of amides is 2. The first kappa shape index (κ1) is 19.0. The van der Waals surface area contributed by atoms with E-state index < -0.39 is 5.91 Å². The maximum atomic E-state index is 12.9. The summed E-state index contributed by atoms with van der Waals surface area (Å²) in [4.78, 5) is 30.2. The summed E-state index contributed by atoms with van der Waals surface area (Å²) in [7, 11) is 0. The predicted octanol–water partition coefficient (Wildman–Crippen LogP) is 1.24. The normalized spacial score (nSPS) is 14.2. The van der Waals surface area contributed by atoms with E-state index >= 15 is 0 Å². The number of para-hydroxylation sites is 2. The van der Waals surface area contributed by atoms with Crippen LogP contribution < -0.4 is 5.01 Å². The van der Waals surface area contributed by atoms with Gasteiger partial charge in [-0.15, -0.1) is 10.2 Å². The SMILES string of the molecule is Cc1cccc(-n2cc(CN3C(=O)CC(=O)N3c3nc4ccccc4n4nnnc34)nn2)c1. The molecule has 12 nitrogen and oxygen atoms in total. The third-order valence-electron chi connectivity index (χ3n) is 5.39. The molecule has 1 fully saturated rings. The van der Waals surface area contributed by atoms with Crippen LogP contribution in [0.4, 0.5) is 5.82 Å². The van der Waals surface area contributed by atoms with E-state index in [1.165, 1.54) is 14.5 Å². The van der Waals surface area contributed by atoms with Crippen LogP contribution in [0.2, 0.25) is 0 Å². The van der Waals surface area contributed by atoms with Crippen LogP contribution in [0.3, 0.4) is 0 Å². The highest BCUT2D eigenvalue weighted by Gasteiger charge is 2.40. The molecule has 2 aromatic carbocycles. The first-order valence-corrected chi connectivity index (χ1v) is 10.2. The summed E-state index contributed by atoms with van der Waals surface area (Å²) in [6, 6.07) is 15.1. The second-order valence-corrected chi connectivity index (χ2v) is 7.67. The number of benzene rings is 2.